The third-order valence-electron chi connectivity index (χ3n) is 11.7. The average Bonchev–Trinajstić information content (AvgIpc) is 4.07. The maximum Gasteiger partial charge on any atom is 0.337 e. The Labute approximate surface area is 374 Å². The van der Waals surface area contributed by atoms with Crippen LogP contribution in [-0.2, 0) is 53.4 Å². The molecule has 1 amide bonds. The summed E-state index contributed by atoms with van der Waals surface area (Å²) in [6.07, 6.45) is 9.10. The molecule has 2 aliphatic rings. The SMILES string of the molecule is CC(C)(C)c1nc2cc(S(=O)(=O)n3ccc(C(=O)O)c3)ccc2n1CC1CCOCC1.CCNC(=O)c1ccn(S(=O)(=O)c2ccc3c(c2)nc(C(C)(C)C)n3CC2CCOCC2)c1. The van der Waals surface area contributed by atoms with Gasteiger partial charge in [0.2, 0.25) is 0 Å². The van der Waals surface area contributed by atoms with Crippen molar-refractivity contribution in [3.63, 3.8) is 0 Å². The number of imidazole rings is 2. The van der Waals surface area contributed by atoms with Gasteiger partial charge in [-0.1, -0.05) is 41.5 Å². The lowest BCUT2D eigenvalue weighted by atomic mass is 9.94. The van der Waals surface area contributed by atoms with Gasteiger partial charge < -0.3 is 29.0 Å². The van der Waals surface area contributed by atoms with E-state index < -0.39 is 26.0 Å². The third-order valence-corrected chi connectivity index (χ3v) is 14.9. The molecule has 64 heavy (non-hydrogen) atoms. The number of benzene rings is 2. The number of nitrogens with one attached hydrogen (secondary N) is 1. The highest BCUT2D eigenvalue weighted by Gasteiger charge is 2.29. The van der Waals surface area contributed by atoms with Gasteiger partial charge in [-0.15, -0.1) is 0 Å². The topological polar surface area (TPSA) is 199 Å². The average molecular weight is 918 g/mol. The van der Waals surface area contributed by atoms with Gasteiger partial charge in [0.1, 0.15) is 11.6 Å². The molecule has 18 heteroatoms. The molecule has 0 saturated carbocycles. The van der Waals surface area contributed by atoms with E-state index in [4.69, 9.17) is 24.5 Å². The maximum atomic E-state index is 13.3. The van der Waals surface area contributed by atoms with Crippen molar-refractivity contribution in [1.29, 1.82) is 0 Å². The highest BCUT2D eigenvalue weighted by Crippen LogP contribution is 2.33. The summed E-state index contributed by atoms with van der Waals surface area (Å²) in [6.45, 7) is 19.7. The Bertz CT molecular complexity index is 2880. The maximum absolute atomic E-state index is 13.3. The molecule has 4 aromatic heterocycles. The monoisotopic (exact) mass is 917 g/mol. The smallest absolute Gasteiger partial charge is 0.337 e. The second-order valence-corrected chi connectivity index (χ2v) is 22.3. The molecule has 2 aliphatic heterocycles. The second kappa shape index (κ2) is 18.3. The van der Waals surface area contributed by atoms with E-state index in [2.05, 4.69) is 56.0 Å². The molecule has 0 radical (unpaired) electrons. The van der Waals surface area contributed by atoms with Crippen LogP contribution in [0.3, 0.4) is 0 Å². The second-order valence-electron chi connectivity index (χ2n) is 18.6. The summed E-state index contributed by atoms with van der Waals surface area (Å²) in [5.74, 6) is 1.38. The Morgan fingerprint density at radius 3 is 1.45 bits per heavy atom. The Morgan fingerprint density at radius 2 is 1.08 bits per heavy atom. The molecule has 0 spiro atoms. The Hall–Kier alpha value is -5.30. The largest absolute Gasteiger partial charge is 0.478 e. The fourth-order valence-electron chi connectivity index (χ4n) is 8.25. The number of hydrogen-bond donors (Lipinski definition) is 2. The summed E-state index contributed by atoms with van der Waals surface area (Å²) >= 11 is 0. The van der Waals surface area contributed by atoms with Crippen molar-refractivity contribution in [2.24, 2.45) is 11.8 Å². The van der Waals surface area contributed by atoms with Gasteiger partial charge in [0.25, 0.3) is 26.0 Å². The third kappa shape index (κ3) is 9.84. The van der Waals surface area contributed by atoms with Crippen molar-refractivity contribution in [3.05, 3.63) is 96.1 Å². The fourth-order valence-corrected chi connectivity index (χ4v) is 10.7. The van der Waals surface area contributed by atoms with Gasteiger partial charge in [-0.2, -0.15) is 0 Å². The summed E-state index contributed by atoms with van der Waals surface area (Å²) in [5.41, 5.74) is 2.92. The number of aromatic carboxylic acids is 1. The van der Waals surface area contributed by atoms with Gasteiger partial charge in [0, 0.05) is 81.7 Å². The minimum absolute atomic E-state index is 0.0729. The number of hydrogen-bond acceptors (Lipinski definition) is 10. The molecule has 2 aromatic carbocycles. The van der Waals surface area contributed by atoms with Crippen LogP contribution >= 0.6 is 0 Å². The molecular weight excluding hydrogens is 859 g/mol. The first-order chi connectivity index (χ1) is 30.2. The van der Waals surface area contributed by atoms with Crippen molar-refractivity contribution < 1.29 is 41.0 Å². The molecule has 0 atom stereocenters. The van der Waals surface area contributed by atoms with Crippen molar-refractivity contribution in [2.75, 3.05) is 33.0 Å². The molecule has 6 aromatic rings. The highest BCUT2D eigenvalue weighted by atomic mass is 32.2. The van der Waals surface area contributed by atoms with E-state index in [1.54, 1.807) is 30.3 Å². The van der Waals surface area contributed by atoms with Crippen LogP contribution in [0.5, 0.6) is 0 Å². The zero-order valence-electron chi connectivity index (χ0n) is 37.6. The molecule has 344 valence electrons. The number of amides is 1. The number of nitrogens with zero attached hydrogens (tertiary/aromatic N) is 6. The van der Waals surface area contributed by atoms with Crippen LogP contribution in [0.1, 0.15) is 107 Å². The van der Waals surface area contributed by atoms with Gasteiger partial charge in [-0.3, -0.25) is 4.79 Å². The fraction of sp³-hybridized carbons (Fsp3) is 0.478. The first-order valence-electron chi connectivity index (χ1n) is 21.7. The molecular formula is C46H59N7O9S2. The number of carboxylic acids is 1. The standard InChI is InChI=1S/C24H32N4O4S.C22H27N3O5S/c1-5-25-22(29)18-8-11-27(16-18)33(30,31)19-6-7-21-20(14-19)26-23(24(2,3)4)28(21)15-17-9-12-32-13-10-17;1-22(2,3)21-23-18-12-17(31(28,29)24-9-6-16(14-24)20(26)27)4-5-19(18)25(21)13-15-7-10-30-11-8-15/h6-8,11,14,16-17H,5,9-10,12-13,15H2,1-4H3,(H,25,29);4-6,9,12,14-15H,7-8,10-11,13H2,1-3H3,(H,26,27). The summed E-state index contributed by atoms with van der Waals surface area (Å²) in [5, 5.41) is 11.8. The van der Waals surface area contributed by atoms with Crippen LogP contribution in [0.25, 0.3) is 22.1 Å². The lowest BCUT2D eigenvalue weighted by Crippen LogP contribution is -2.25. The molecule has 0 aliphatic carbocycles. The predicted molar refractivity (Wildman–Crippen MR) is 243 cm³/mol. The van der Waals surface area contributed by atoms with Gasteiger partial charge >= 0.3 is 5.97 Å². The van der Waals surface area contributed by atoms with Crippen LogP contribution in [0.15, 0.2) is 83.1 Å². The van der Waals surface area contributed by atoms with Crippen LogP contribution in [0.2, 0.25) is 0 Å². The Balaban J connectivity index is 0.000000192. The normalized spacial score (nSPS) is 15.9. The number of aromatic nitrogens is 6. The number of ether oxygens (including phenoxy) is 2. The Morgan fingerprint density at radius 1 is 0.672 bits per heavy atom. The van der Waals surface area contributed by atoms with Crippen molar-refractivity contribution >= 4 is 54.0 Å². The van der Waals surface area contributed by atoms with Gasteiger partial charge in [0.15, 0.2) is 0 Å². The summed E-state index contributed by atoms with van der Waals surface area (Å²) in [7, 11) is -7.78. The predicted octanol–water partition coefficient (Wildman–Crippen LogP) is 7.05. The summed E-state index contributed by atoms with van der Waals surface area (Å²) < 4.78 is 70.1. The number of carbonyl (C=O) groups excluding carboxylic acids is 1. The molecule has 8 rings (SSSR count). The molecule has 2 fully saturated rings. The highest BCUT2D eigenvalue weighted by molar-refractivity contribution is 7.90. The molecule has 0 unspecified atom stereocenters. The van der Waals surface area contributed by atoms with Gasteiger partial charge in [-0.25, -0.2) is 39.5 Å². The van der Waals surface area contributed by atoms with Crippen LogP contribution in [0, 0.1) is 11.8 Å². The number of fused-ring (bicyclic) bond motifs is 2. The molecule has 16 nitrogen and oxygen atoms in total. The molecule has 0 bridgehead atoms. The molecule has 2 N–H and O–H groups in total. The minimum Gasteiger partial charge on any atom is -0.478 e. The quantitative estimate of drug-likeness (QED) is 0.135. The lowest BCUT2D eigenvalue weighted by molar-refractivity contribution is 0.0610. The first-order valence-corrected chi connectivity index (χ1v) is 24.6. The van der Waals surface area contributed by atoms with E-state index in [-0.39, 0.29) is 32.1 Å². The zero-order valence-corrected chi connectivity index (χ0v) is 39.2. The molecule has 6 heterocycles. The van der Waals surface area contributed by atoms with Crippen molar-refractivity contribution in [1.82, 2.24) is 32.4 Å². The lowest BCUT2D eigenvalue weighted by Gasteiger charge is -2.26. The van der Waals surface area contributed by atoms with Crippen LogP contribution in [0.4, 0.5) is 0 Å². The molecule has 2 saturated heterocycles. The number of carbonyl (C=O) groups is 2. The van der Waals surface area contributed by atoms with Gasteiger partial charge in [-0.05, 0) is 93.0 Å². The zero-order chi connectivity index (χ0) is 46.2. The van der Waals surface area contributed by atoms with E-state index in [1.165, 1.54) is 30.7 Å². The van der Waals surface area contributed by atoms with Crippen molar-refractivity contribution in [2.45, 2.75) is 108 Å². The van der Waals surface area contributed by atoms with E-state index in [1.807, 2.05) is 13.0 Å². The van der Waals surface area contributed by atoms with E-state index in [0.717, 1.165) is 102 Å². The van der Waals surface area contributed by atoms with E-state index in [9.17, 15) is 26.4 Å². The van der Waals surface area contributed by atoms with Crippen LogP contribution < -0.4 is 5.32 Å². The van der Waals surface area contributed by atoms with Crippen LogP contribution in [-0.4, -0.2) is 93.8 Å². The summed E-state index contributed by atoms with van der Waals surface area (Å²) in [4.78, 5) is 33.1. The first kappa shape index (κ1) is 46.7. The van der Waals surface area contributed by atoms with Crippen molar-refractivity contribution in [3.8, 4) is 0 Å². The Kier molecular flexibility index (Phi) is 13.3. The summed E-state index contributed by atoms with van der Waals surface area (Å²) in [6, 6.07) is 12.8. The number of carboxylic acid groups (broad SMARTS) is 1. The van der Waals surface area contributed by atoms with E-state index in [0.29, 0.717) is 35.0 Å². The number of rotatable bonds is 11. The van der Waals surface area contributed by atoms with E-state index >= 15 is 0 Å². The van der Waals surface area contributed by atoms with Gasteiger partial charge in [0.05, 0.1) is 43.0 Å². The minimum atomic E-state index is -3.92.